The Bertz CT molecular complexity index is 1800. The third kappa shape index (κ3) is 5.03. The number of fused-ring (bicyclic) bond motifs is 1. The molecule has 0 unspecified atom stereocenters. The number of para-hydroxylation sites is 1. The maximum atomic E-state index is 14.0. The van der Waals surface area contributed by atoms with Crippen LogP contribution in [0.1, 0.15) is 29.7 Å². The predicted octanol–water partition coefficient (Wildman–Crippen LogP) is 4.21. The summed E-state index contributed by atoms with van der Waals surface area (Å²) in [5, 5.41) is 2.96. The highest BCUT2D eigenvalue weighted by molar-refractivity contribution is 7.07. The van der Waals surface area contributed by atoms with Gasteiger partial charge in [0.1, 0.15) is 23.3 Å². The first-order valence-corrected chi connectivity index (χ1v) is 13.4. The minimum Gasteiger partial charge on any atom is -0.497 e. The smallest absolute Gasteiger partial charge is 0.271 e. The van der Waals surface area contributed by atoms with Crippen LogP contribution in [0.2, 0.25) is 0 Å². The SMILES string of the molecule is COc1ccc([C@H]2C(C(=O)Nc3ccccc3)=C(C)N=c3s/c(=C\c4ccc(C)c(OC)c4)c(=O)n32)c(OC)c1. The maximum Gasteiger partial charge on any atom is 0.271 e. The molecule has 1 aliphatic heterocycles. The Labute approximate surface area is 235 Å². The summed E-state index contributed by atoms with van der Waals surface area (Å²) in [6, 6.07) is 19.5. The molecule has 2 heterocycles. The van der Waals surface area contributed by atoms with Gasteiger partial charge in [0.05, 0.1) is 37.1 Å². The third-order valence-corrected chi connectivity index (χ3v) is 7.75. The number of benzene rings is 3. The number of ether oxygens (including phenoxy) is 3. The van der Waals surface area contributed by atoms with Gasteiger partial charge in [0.2, 0.25) is 0 Å². The molecule has 5 rings (SSSR count). The number of carbonyl (C=O) groups is 1. The van der Waals surface area contributed by atoms with Crippen LogP contribution in [0.15, 0.2) is 87.8 Å². The van der Waals surface area contributed by atoms with Crippen molar-refractivity contribution in [3.8, 4) is 17.2 Å². The molecule has 8 nitrogen and oxygen atoms in total. The summed E-state index contributed by atoms with van der Waals surface area (Å²) in [4.78, 5) is 33.0. The molecule has 1 amide bonds. The molecule has 40 heavy (non-hydrogen) atoms. The zero-order valence-electron chi connectivity index (χ0n) is 22.8. The van der Waals surface area contributed by atoms with Crippen molar-refractivity contribution in [3.63, 3.8) is 0 Å². The zero-order chi connectivity index (χ0) is 28.4. The molecule has 1 atom stereocenters. The Morgan fingerprint density at radius 2 is 1.70 bits per heavy atom. The number of aromatic nitrogens is 1. The van der Waals surface area contributed by atoms with Crippen LogP contribution in [-0.2, 0) is 4.79 Å². The Balaban J connectivity index is 1.71. The fraction of sp³-hybridized carbons (Fsp3) is 0.194. The summed E-state index contributed by atoms with van der Waals surface area (Å²) in [5.41, 5.74) is 3.70. The monoisotopic (exact) mass is 555 g/mol. The number of rotatable bonds is 7. The first-order chi connectivity index (χ1) is 19.3. The van der Waals surface area contributed by atoms with Gasteiger partial charge in [0.15, 0.2) is 4.80 Å². The van der Waals surface area contributed by atoms with E-state index in [0.29, 0.717) is 43.4 Å². The van der Waals surface area contributed by atoms with Crippen molar-refractivity contribution in [3.05, 3.63) is 114 Å². The summed E-state index contributed by atoms with van der Waals surface area (Å²) < 4.78 is 18.6. The molecule has 0 saturated carbocycles. The molecule has 0 bridgehead atoms. The van der Waals surface area contributed by atoms with Crippen molar-refractivity contribution in [2.45, 2.75) is 19.9 Å². The van der Waals surface area contributed by atoms with E-state index in [0.717, 1.165) is 16.9 Å². The molecule has 3 aromatic carbocycles. The van der Waals surface area contributed by atoms with Crippen molar-refractivity contribution >= 4 is 29.0 Å². The number of amides is 1. The predicted molar refractivity (Wildman–Crippen MR) is 156 cm³/mol. The van der Waals surface area contributed by atoms with Crippen LogP contribution in [0.4, 0.5) is 5.69 Å². The summed E-state index contributed by atoms with van der Waals surface area (Å²) >= 11 is 1.27. The molecule has 0 spiro atoms. The number of nitrogens with one attached hydrogen (secondary N) is 1. The third-order valence-electron chi connectivity index (χ3n) is 6.76. The van der Waals surface area contributed by atoms with E-state index < -0.39 is 6.04 Å². The van der Waals surface area contributed by atoms with E-state index in [2.05, 4.69) is 5.32 Å². The van der Waals surface area contributed by atoms with E-state index in [1.165, 1.54) is 11.3 Å². The van der Waals surface area contributed by atoms with E-state index in [9.17, 15) is 9.59 Å². The van der Waals surface area contributed by atoms with Crippen molar-refractivity contribution in [2.24, 2.45) is 4.99 Å². The van der Waals surface area contributed by atoms with E-state index in [1.807, 2.05) is 67.6 Å². The molecule has 0 saturated heterocycles. The lowest BCUT2D eigenvalue weighted by molar-refractivity contribution is -0.113. The maximum absolute atomic E-state index is 14.0. The van der Waals surface area contributed by atoms with E-state index in [4.69, 9.17) is 19.2 Å². The van der Waals surface area contributed by atoms with Crippen LogP contribution < -0.4 is 34.4 Å². The lowest BCUT2D eigenvalue weighted by Crippen LogP contribution is -2.40. The summed E-state index contributed by atoms with van der Waals surface area (Å²) in [6.07, 6.45) is 1.82. The molecule has 0 fully saturated rings. The Morgan fingerprint density at radius 1 is 0.950 bits per heavy atom. The molecule has 0 radical (unpaired) electrons. The first kappa shape index (κ1) is 27.0. The quantitative estimate of drug-likeness (QED) is 0.369. The van der Waals surface area contributed by atoms with Gasteiger partial charge >= 0.3 is 0 Å². The second-order valence-electron chi connectivity index (χ2n) is 9.24. The van der Waals surface area contributed by atoms with Gasteiger partial charge in [-0.05, 0) is 61.4 Å². The molecule has 4 aromatic rings. The van der Waals surface area contributed by atoms with Crippen LogP contribution >= 0.6 is 11.3 Å². The van der Waals surface area contributed by atoms with Crippen LogP contribution in [0.5, 0.6) is 17.2 Å². The van der Waals surface area contributed by atoms with Crippen LogP contribution in [-0.4, -0.2) is 31.8 Å². The van der Waals surface area contributed by atoms with Gasteiger partial charge in [-0.2, -0.15) is 0 Å². The average molecular weight is 556 g/mol. The highest BCUT2D eigenvalue weighted by Gasteiger charge is 2.34. The van der Waals surface area contributed by atoms with Crippen molar-refractivity contribution in [1.82, 2.24) is 4.57 Å². The topological polar surface area (TPSA) is 91.2 Å². The van der Waals surface area contributed by atoms with Gasteiger partial charge < -0.3 is 19.5 Å². The molecule has 1 aliphatic rings. The van der Waals surface area contributed by atoms with E-state index >= 15 is 0 Å². The largest absolute Gasteiger partial charge is 0.497 e. The van der Waals surface area contributed by atoms with E-state index in [-0.39, 0.29) is 11.5 Å². The number of anilines is 1. The highest BCUT2D eigenvalue weighted by Crippen LogP contribution is 2.37. The summed E-state index contributed by atoms with van der Waals surface area (Å²) in [6.45, 7) is 3.74. The van der Waals surface area contributed by atoms with Crippen molar-refractivity contribution in [2.75, 3.05) is 26.6 Å². The lowest BCUT2D eigenvalue weighted by atomic mass is 9.94. The number of hydrogen-bond donors (Lipinski definition) is 1. The lowest BCUT2D eigenvalue weighted by Gasteiger charge is -2.26. The molecule has 0 aliphatic carbocycles. The molecule has 9 heteroatoms. The van der Waals surface area contributed by atoms with Gasteiger partial charge in [-0.1, -0.05) is 41.7 Å². The van der Waals surface area contributed by atoms with Crippen molar-refractivity contribution < 1.29 is 19.0 Å². The Morgan fingerprint density at radius 3 is 2.40 bits per heavy atom. The van der Waals surface area contributed by atoms with Gasteiger partial charge in [-0.25, -0.2) is 4.99 Å². The molecule has 1 aromatic heterocycles. The number of aryl methyl sites for hydroxylation is 1. The normalized spacial score (nSPS) is 14.8. The highest BCUT2D eigenvalue weighted by atomic mass is 32.1. The number of nitrogens with zero attached hydrogens (tertiary/aromatic N) is 2. The Hall–Kier alpha value is -4.63. The minimum absolute atomic E-state index is 0.260. The number of allylic oxidation sites excluding steroid dienone is 1. The second kappa shape index (κ2) is 11.2. The zero-order valence-corrected chi connectivity index (χ0v) is 23.7. The van der Waals surface area contributed by atoms with Gasteiger partial charge in [-0.3, -0.25) is 14.2 Å². The van der Waals surface area contributed by atoms with Gasteiger partial charge in [0.25, 0.3) is 11.5 Å². The fourth-order valence-electron chi connectivity index (χ4n) is 4.75. The van der Waals surface area contributed by atoms with Gasteiger partial charge in [0, 0.05) is 17.3 Å². The van der Waals surface area contributed by atoms with Crippen LogP contribution in [0, 0.1) is 6.92 Å². The van der Waals surface area contributed by atoms with Crippen LogP contribution in [0.25, 0.3) is 6.08 Å². The summed E-state index contributed by atoms with van der Waals surface area (Å²) in [7, 11) is 4.74. The number of thiazole rings is 1. The van der Waals surface area contributed by atoms with E-state index in [1.54, 1.807) is 45.0 Å². The molecule has 1 N–H and O–H groups in total. The summed E-state index contributed by atoms with van der Waals surface area (Å²) in [5.74, 6) is 1.46. The molecule has 204 valence electrons. The fourth-order valence-corrected chi connectivity index (χ4v) is 5.79. The minimum atomic E-state index is -0.782. The van der Waals surface area contributed by atoms with Gasteiger partial charge in [-0.15, -0.1) is 0 Å². The second-order valence-corrected chi connectivity index (χ2v) is 10.2. The van der Waals surface area contributed by atoms with Crippen molar-refractivity contribution in [1.29, 1.82) is 0 Å². The molecular formula is C31H29N3O5S. The number of carbonyl (C=O) groups excluding carboxylic acids is 1. The number of hydrogen-bond acceptors (Lipinski definition) is 7. The Kier molecular flexibility index (Phi) is 7.57. The van der Waals surface area contributed by atoms with Crippen LogP contribution in [0.3, 0.4) is 0 Å². The standard InChI is InChI=1S/C31H29N3O5S/c1-18-11-12-20(15-24(18)38-4)16-26-30(36)34-28(23-14-13-22(37-3)17-25(23)39-5)27(19(2)32-31(34)40-26)29(35)33-21-9-7-6-8-10-21/h6-17,28H,1-5H3,(H,33,35)/b26-16-/t28-/m0/s1. The number of methoxy groups -OCH3 is 3. The first-order valence-electron chi connectivity index (χ1n) is 12.6. The average Bonchev–Trinajstić information content (AvgIpc) is 3.27. The molecular weight excluding hydrogens is 526 g/mol.